The maximum absolute atomic E-state index is 4.70. The van der Waals surface area contributed by atoms with Crippen molar-refractivity contribution in [3.63, 3.8) is 0 Å². The number of nitrogens with zero attached hydrogens (tertiary/aromatic N) is 2. The van der Waals surface area contributed by atoms with Gasteiger partial charge in [0.05, 0.1) is 0 Å². The van der Waals surface area contributed by atoms with Gasteiger partial charge in [-0.1, -0.05) is 27.7 Å². The Morgan fingerprint density at radius 1 is 1.24 bits per heavy atom. The molecule has 0 bridgehead atoms. The molecule has 17 heavy (non-hydrogen) atoms. The number of likely N-dealkylation sites (N-methyl/N-ethyl adjacent to an activating group) is 1. The number of rotatable bonds is 6. The summed E-state index contributed by atoms with van der Waals surface area (Å²) in [5, 5.41) is 3.23. The van der Waals surface area contributed by atoms with Crippen LogP contribution in [0.3, 0.4) is 0 Å². The van der Waals surface area contributed by atoms with Crippen molar-refractivity contribution in [3.05, 3.63) is 23.8 Å². The van der Waals surface area contributed by atoms with Crippen molar-refractivity contribution >= 4 is 0 Å². The van der Waals surface area contributed by atoms with E-state index < -0.39 is 0 Å². The molecule has 0 aliphatic rings. The summed E-state index contributed by atoms with van der Waals surface area (Å²) >= 11 is 0. The molecule has 0 aliphatic carbocycles. The predicted molar refractivity (Wildman–Crippen MR) is 72.1 cm³/mol. The molecular formula is C14H25N3. The minimum absolute atomic E-state index is 0.395. The highest BCUT2D eigenvalue weighted by Gasteiger charge is 2.18. The maximum atomic E-state index is 4.70. The highest BCUT2D eigenvalue weighted by Crippen LogP contribution is 2.20. The van der Waals surface area contributed by atoms with Gasteiger partial charge in [0.25, 0.3) is 0 Å². The minimum Gasteiger partial charge on any atom is -0.319 e. The van der Waals surface area contributed by atoms with E-state index >= 15 is 0 Å². The van der Waals surface area contributed by atoms with Crippen LogP contribution >= 0.6 is 0 Å². The molecule has 0 aliphatic heterocycles. The monoisotopic (exact) mass is 235 g/mol. The Balaban J connectivity index is 2.87. The first-order valence-electron chi connectivity index (χ1n) is 6.51. The third kappa shape index (κ3) is 4.43. The van der Waals surface area contributed by atoms with Gasteiger partial charge in [-0.25, -0.2) is 9.97 Å². The normalized spacial score (nSPS) is 13.4. The summed E-state index contributed by atoms with van der Waals surface area (Å²) in [5.74, 6) is 2.57. The third-order valence-electron chi connectivity index (χ3n) is 2.91. The Morgan fingerprint density at radius 3 is 2.47 bits per heavy atom. The summed E-state index contributed by atoms with van der Waals surface area (Å²) in [6, 6.07) is 2.03. The lowest BCUT2D eigenvalue weighted by Crippen LogP contribution is -2.23. The van der Waals surface area contributed by atoms with E-state index in [2.05, 4.69) is 38.0 Å². The molecule has 3 heteroatoms. The van der Waals surface area contributed by atoms with Gasteiger partial charge >= 0.3 is 0 Å². The van der Waals surface area contributed by atoms with Gasteiger partial charge in [0, 0.05) is 24.4 Å². The van der Waals surface area contributed by atoms with Crippen molar-refractivity contribution in [1.29, 1.82) is 0 Å². The Kier molecular flexibility index (Phi) is 5.56. The summed E-state index contributed by atoms with van der Waals surface area (Å²) in [6.45, 7) is 9.81. The minimum atomic E-state index is 0.395. The van der Waals surface area contributed by atoms with Gasteiger partial charge < -0.3 is 5.32 Å². The summed E-state index contributed by atoms with van der Waals surface area (Å²) in [5.41, 5.74) is 1.16. The van der Waals surface area contributed by atoms with E-state index in [1.165, 1.54) is 0 Å². The standard InChI is InChI=1S/C14H25N3/c1-10(2)8-12-6-7-16-14(17-12)13(9-15-5)11(3)4/h6-7,10-11,13,15H,8-9H2,1-5H3. The van der Waals surface area contributed by atoms with Crippen molar-refractivity contribution in [3.8, 4) is 0 Å². The molecule has 1 heterocycles. The fourth-order valence-corrected chi connectivity index (χ4v) is 1.97. The highest BCUT2D eigenvalue weighted by atomic mass is 14.9. The molecule has 1 atom stereocenters. The van der Waals surface area contributed by atoms with Gasteiger partial charge in [0.2, 0.25) is 0 Å². The zero-order valence-corrected chi connectivity index (χ0v) is 11.7. The van der Waals surface area contributed by atoms with Crippen LogP contribution in [0.2, 0.25) is 0 Å². The first-order chi connectivity index (χ1) is 8.04. The van der Waals surface area contributed by atoms with E-state index in [0.29, 0.717) is 17.8 Å². The second kappa shape index (κ2) is 6.70. The Morgan fingerprint density at radius 2 is 1.94 bits per heavy atom. The molecule has 1 aromatic heterocycles. The average Bonchev–Trinajstić information content (AvgIpc) is 2.24. The first kappa shape index (κ1) is 14.1. The SMILES string of the molecule is CNCC(c1nccc(CC(C)C)n1)C(C)C. The van der Waals surface area contributed by atoms with Gasteiger partial charge in [0.1, 0.15) is 5.82 Å². The van der Waals surface area contributed by atoms with Gasteiger partial charge in [0.15, 0.2) is 0 Å². The lowest BCUT2D eigenvalue weighted by molar-refractivity contribution is 0.455. The van der Waals surface area contributed by atoms with E-state index in [1.807, 2.05) is 19.3 Å². The van der Waals surface area contributed by atoms with E-state index in [4.69, 9.17) is 4.98 Å². The van der Waals surface area contributed by atoms with Crippen molar-refractivity contribution in [2.45, 2.75) is 40.0 Å². The molecule has 0 spiro atoms. The van der Waals surface area contributed by atoms with E-state index in [9.17, 15) is 0 Å². The molecule has 0 saturated carbocycles. The molecule has 0 saturated heterocycles. The summed E-state index contributed by atoms with van der Waals surface area (Å²) in [6.07, 6.45) is 2.92. The lowest BCUT2D eigenvalue weighted by Gasteiger charge is -2.19. The summed E-state index contributed by atoms with van der Waals surface area (Å²) in [4.78, 5) is 9.14. The van der Waals surface area contributed by atoms with Crippen LogP contribution in [-0.2, 0) is 6.42 Å². The zero-order valence-electron chi connectivity index (χ0n) is 11.7. The molecule has 0 radical (unpaired) electrons. The largest absolute Gasteiger partial charge is 0.319 e. The smallest absolute Gasteiger partial charge is 0.133 e. The van der Waals surface area contributed by atoms with Crippen LogP contribution in [0.25, 0.3) is 0 Å². The molecule has 1 unspecified atom stereocenters. The maximum Gasteiger partial charge on any atom is 0.133 e. The van der Waals surface area contributed by atoms with Gasteiger partial charge in [-0.3, -0.25) is 0 Å². The van der Waals surface area contributed by atoms with Crippen LogP contribution < -0.4 is 5.32 Å². The van der Waals surface area contributed by atoms with E-state index in [-0.39, 0.29) is 0 Å². The predicted octanol–water partition coefficient (Wildman–Crippen LogP) is 2.63. The first-order valence-corrected chi connectivity index (χ1v) is 6.51. The molecule has 0 aromatic carbocycles. The quantitative estimate of drug-likeness (QED) is 0.823. The topological polar surface area (TPSA) is 37.8 Å². The molecular weight excluding hydrogens is 210 g/mol. The van der Waals surface area contributed by atoms with Crippen LogP contribution in [0.15, 0.2) is 12.3 Å². The van der Waals surface area contributed by atoms with Crippen LogP contribution in [0.4, 0.5) is 0 Å². The van der Waals surface area contributed by atoms with Crippen molar-refractivity contribution in [2.75, 3.05) is 13.6 Å². The molecule has 1 rings (SSSR count). The summed E-state index contributed by atoms with van der Waals surface area (Å²) < 4.78 is 0. The van der Waals surface area contributed by atoms with Crippen LogP contribution in [0.5, 0.6) is 0 Å². The second-order valence-corrected chi connectivity index (χ2v) is 5.41. The van der Waals surface area contributed by atoms with E-state index in [1.54, 1.807) is 0 Å². The van der Waals surface area contributed by atoms with Crippen LogP contribution in [0.1, 0.15) is 45.1 Å². The average molecular weight is 235 g/mol. The fraction of sp³-hybridized carbons (Fsp3) is 0.714. The van der Waals surface area contributed by atoms with Crippen molar-refractivity contribution in [1.82, 2.24) is 15.3 Å². The molecule has 96 valence electrons. The van der Waals surface area contributed by atoms with Gasteiger partial charge in [-0.15, -0.1) is 0 Å². The van der Waals surface area contributed by atoms with Gasteiger partial charge in [-0.2, -0.15) is 0 Å². The number of aromatic nitrogens is 2. The summed E-state index contributed by atoms with van der Waals surface area (Å²) in [7, 11) is 1.98. The van der Waals surface area contributed by atoms with E-state index in [0.717, 1.165) is 24.5 Å². The van der Waals surface area contributed by atoms with Crippen LogP contribution in [0, 0.1) is 11.8 Å². The number of hydrogen-bond donors (Lipinski definition) is 1. The molecule has 0 amide bonds. The molecule has 0 fully saturated rings. The molecule has 1 aromatic rings. The van der Waals surface area contributed by atoms with Crippen molar-refractivity contribution in [2.24, 2.45) is 11.8 Å². The third-order valence-corrected chi connectivity index (χ3v) is 2.91. The van der Waals surface area contributed by atoms with Crippen LogP contribution in [-0.4, -0.2) is 23.6 Å². The Bertz CT molecular complexity index is 334. The number of hydrogen-bond acceptors (Lipinski definition) is 3. The fourth-order valence-electron chi connectivity index (χ4n) is 1.97. The highest BCUT2D eigenvalue weighted by molar-refractivity contribution is 5.07. The Hall–Kier alpha value is -0.960. The zero-order chi connectivity index (χ0) is 12.8. The molecule has 3 nitrogen and oxygen atoms in total. The number of nitrogens with one attached hydrogen (secondary N) is 1. The van der Waals surface area contributed by atoms with Crippen molar-refractivity contribution < 1.29 is 0 Å². The molecule has 1 N–H and O–H groups in total. The second-order valence-electron chi connectivity index (χ2n) is 5.41. The Labute approximate surface area is 105 Å². The lowest BCUT2D eigenvalue weighted by atomic mass is 9.94. The van der Waals surface area contributed by atoms with Gasteiger partial charge in [-0.05, 0) is 31.4 Å².